The van der Waals surface area contributed by atoms with Crippen LogP contribution in [0.3, 0.4) is 0 Å². The molecule has 166 valence electrons. The van der Waals surface area contributed by atoms with E-state index in [4.69, 9.17) is 11.6 Å². The molecule has 9 heteroatoms. The van der Waals surface area contributed by atoms with Crippen molar-refractivity contribution >= 4 is 61.5 Å². The molecule has 3 aromatic carbocycles. The van der Waals surface area contributed by atoms with Crippen molar-refractivity contribution in [2.45, 2.75) is 18.7 Å². The lowest BCUT2D eigenvalue weighted by molar-refractivity contribution is -0.119. The van der Waals surface area contributed by atoms with E-state index < -0.39 is 22.5 Å². The summed E-state index contributed by atoms with van der Waals surface area (Å²) in [5.41, 5.74) is 5.17. The first kappa shape index (κ1) is 24.2. The van der Waals surface area contributed by atoms with Gasteiger partial charge in [0.1, 0.15) is 6.54 Å². The van der Waals surface area contributed by atoms with Crippen molar-refractivity contribution in [1.82, 2.24) is 5.43 Å². The molecule has 3 rings (SSSR count). The van der Waals surface area contributed by atoms with Gasteiger partial charge in [-0.3, -0.25) is 9.10 Å². The number of nitrogens with zero attached hydrogens (tertiary/aromatic N) is 2. The third-order valence-corrected chi connectivity index (χ3v) is 7.38. The van der Waals surface area contributed by atoms with E-state index in [9.17, 15) is 13.2 Å². The van der Waals surface area contributed by atoms with Crippen LogP contribution in [-0.4, -0.2) is 26.6 Å². The zero-order chi connectivity index (χ0) is 23.3. The molecule has 0 unspecified atom stereocenters. The topological polar surface area (TPSA) is 78.8 Å². The van der Waals surface area contributed by atoms with Gasteiger partial charge in [-0.15, -0.1) is 0 Å². The van der Waals surface area contributed by atoms with Crippen molar-refractivity contribution in [2.24, 2.45) is 5.10 Å². The number of aryl methyl sites for hydroxylation is 1. The first-order chi connectivity index (χ1) is 15.2. The van der Waals surface area contributed by atoms with Crippen LogP contribution in [0.2, 0.25) is 5.02 Å². The van der Waals surface area contributed by atoms with Gasteiger partial charge in [-0.25, -0.2) is 13.8 Å². The third-order valence-electron chi connectivity index (χ3n) is 4.62. The van der Waals surface area contributed by atoms with Crippen molar-refractivity contribution in [3.8, 4) is 0 Å². The second-order valence-electron chi connectivity index (χ2n) is 7.04. The number of rotatable bonds is 7. The monoisotopic (exact) mass is 581 g/mol. The number of halogens is 2. The van der Waals surface area contributed by atoms with Gasteiger partial charge in [0.05, 0.1) is 16.3 Å². The van der Waals surface area contributed by atoms with E-state index >= 15 is 0 Å². The lowest BCUT2D eigenvalue weighted by atomic mass is 10.1. The zero-order valence-electron chi connectivity index (χ0n) is 17.4. The molecule has 3 aromatic rings. The number of nitrogens with one attached hydrogen (secondary N) is 1. The number of hydrazone groups is 1. The summed E-state index contributed by atoms with van der Waals surface area (Å²) in [4.78, 5) is 12.8. The number of anilines is 1. The molecule has 6 nitrogen and oxygen atoms in total. The number of amides is 1. The van der Waals surface area contributed by atoms with Crippen LogP contribution in [0, 0.1) is 10.5 Å². The van der Waals surface area contributed by atoms with Crippen LogP contribution in [-0.2, 0) is 14.8 Å². The minimum Gasteiger partial charge on any atom is -0.271 e. The zero-order valence-corrected chi connectivity index (χ0v) is 21.1. The van der Waals surface area contributed by atoms with Crippen LogP contribution >= 0.6 is 34.2 Å². The van der Waals surface area contributed by atoms with Crippen LogP contribution in [0.4, 0.5) is 5.69 Å². The fraction of sp³-hybridized carbons (Fsp3) is 0.130. The molecular formula is C23H21ClIN3O3S. The molecule has 0 saturated heterocycles. The molecule has 0 fully saturated rings. The van der Waals surface area contributed by atoms with Gasteiger partial charge in [0, 0.05) is 8.59 Å². The highest BCUT2D eigenvalue weighted by Crippen LogP contribution is 2.25. The van der Waals surface area contributed by atoms with E-state index in [1.54, 1.807) is 43.3 Å². The van der Waals surface area contributed by atoms with Crippen molar-refractivity contribution in [3.05, 3.63) is 92.5 Å². The molecule has 0 aromatic heterocycles. The van der Waals surface area contributed by atoms with Gasteiger partial charge in [0.25, 0.3) is 15.9 Å². The quantitative estimate of drug-likeness (QED) is 0.243. The maximum absolute atomic E-state index is 13.3. The van der Waals surface area contributed by atoms with Crippen LogP contribution in [0.1, 0.15) is 18.1 Å². The number of carbonyl (C=O) groups excluding carboxylic acids is 1. The van der Waals surface area contributed by atoms with Crippen LogP contribution in [0.25, 0.3) is 0 Å². The molecule has 0 spiro atoms. The van der Waals surface area contributed by atoms with Gasteiger partial charge >= 0.3 is 0 Å². The molecule has 0 bridgehead atoms. The van der Waals surface area contributed by atoms with E-state index in [0.717, 1.165) is 19.0 Å². The Labute approximate surface area is 206 Å². The van der Waals surface area contributed by atoms with E-state index in [1.807, 2.05) is 31.2 Å². The Bertz CT molecular complexity index is 1230. The first-order valence-corrected chi connectivity index (χ1v) is 12.5. The normalized spacial score (nSPS) is 11.8. The Hall–Kier alpha value is -2.43. The Morgan fingerprint density at radius 2 is 1.59 bits per heavy atom. The van der Waals surface area contributed by atoms with Crippen molar-refractivity contribution < 1.29 is 13.2 Å². The highest BCUT2D eigenvalue weighted by Gasteiger charge is 2.27. The largest absolute Gasteiger partial charge is 0.271 e. The SMILES string of the molecule is C/C(=N/NC(=O)CN(c1ccc(Cl)cc1)S(=O)(=O)c1ccc(C)cc1)c1ccc(I)cc1. The second-order valence-corrected chi connectivity index (χ2v) is 10.6. The van der Waals surface area contributed by atoms with Gasteiger partial charge in [0.15, 0.2) is 0 Å². The van der Waals surface area contributed by atoms with Crippen molar-refractivity contribution in [1.29, 1.82) is 0 Å². The van der Waals surface area contributed by atoms with Crippen LogP contribution in [0.15, 0.2) is 82.8 Å². The van der Waals surface area contributed by atoms with Gasteiger partial charge in [-0.05, 0) is 90.5 Å². The summed E-state index contributed by atoms with van der Waals surface area (Å²) in [6.07, 6.45) is 0. The number of benzene rings is 3. The molecule has 0 aliphatic heterocycles. The average molecular weight is 582 g/mol. The average Bonchev–Trinajstić information content (AvgIpc) is 2.77. The summed E-state index contributed by atoms with van der Waals surface area (Å²) >= 11 is 8.16. The smallest absolute Gasteiger partial charge is 0.264 e. The maximum Gasteiger partial charge on any atom is 0.264 e. The van der Waals surface area contributed by atoms with Gasteiger partial charge in [-0.1, -0.05) is 41.4 Å². The Kier molecular flexibility index (Phi) is 7.91. The predicted octanol–water partition coefficient (Wildman–Crippen LogP) is 4.99. The molecule has 0 atom stereocenters. The fourth-order valence-electron chi connectivity index (χ4n) is 2.83. The van der Waals surface area contributed by atoms with Gasteiger partial charge < -0.3 is 0 Å². The highest BCUT2D eigenvalue weighted by molar-refractivity contribution is 14.1. The Morgan fingerprint density at radius 1 is 1.00 bits per heavy atom. The molecule has 0 aliphatic carbocycles. The summed E-state index contributed by atoms with van der Waals surface area (Å²) in [6.45, 7) is 3.19. The maximum atomic E-state index is 13.3. The van der Waals surface area contributed by atoms with Crippen LogP contribution < -0.4 is 9.73 Å². The summed E-state index contributed by atoms with van der Waals surface area (Å²) in [5, 5.41) is 4.58. The van der Waals surface area contributed by atoms with E-state index in [-0.39, 0.29) is 4.90 Å². The lowest BCUT2D eigenvalue weighted by Crippen LogP contribution is -2.39. The number of sulfonamides is 1. The van der Waals surface area contributed by atoms with Crippen LogP contribution in [0.5, 0.6) is 0 Å². The minimum atomic E-state index is -3.99. The lowest BCUT2D eigenvalue weighted by Gasteiger charge is -2.24. The Balaban J connectivity index is 1.86. The second kappa shape index (κ2) is 10.5. The van der Waals surface area contributed by atoms with Crippen molar-refractivity contribution in [3.63, 3.8) is 0 Å². The fourth-order valence-corrected chi connectivity index (χ4v) is 4.73. The standard InChI is InChI=1S/C23H21ClIN3O3S/c1-16-3-13-22(14-4-16)32(30,31)28(21-11-7-19(24)8-12-21)15-23(29)27-26-17(2)18-5-9-20(25)10-6-18/h3-14H,15H2,1-2H3,(H,27,29)/b26-17-. The summed E-state index contributed by atoms with van der Waals surface area (Å²) < 4.78 is 28.8. The summed E-state index contributed by atoms with van der Waals surface area (Å²) in [7, 11) is -3.99. The molecule has 0 aliphatic rings. The molecule has 1 amide bonds. The molecule has 0 heterocycles. The highest BCUT2D eigenvalue weighted by atomic mass is 127. The third kappa shape index (κ3) is 6.08. The Morgan fingerprint density at radius 3 is 2.19 bits per heavy atom. The van der Waals surface area contributed by atoms with E-state index in [2.05, 4.69) is 33.1 Å². The van der Waals surface area contributed by atoms with Crippen molar-refractivity contribution in [2.75, 3.05) is 10.8 Å². The molecule has 0 saturated carbocycles. The van der Waals surface area contributed by atoms with E-state index in [1.165, 1.54) is 12.1 Å². The molecule has 0 radical (unpaired) electrons. The minimum absolute atomic E-state index is 0.0874. The summed E-state index contributed by atoms with van der Waals surface area (Å²) in [5.74, 6) is -0.569. The molecule has 1 N–H and O–H groups in total. The number of hydrogen-bond acceptors (Lipinski definition) is 4. The predicted molar refractivity (Wildman–Crippen MR) is 137 cm³/mol. The molecule has 32 heavy (non-hydrogen) atoms. The molecular weight excluding hydrogens is 561 g/mol. The van der Waals surface area contributed by atoms with E-state index in [0.29, 0.717) is 16.4 Å². The van der Waals surface area contributed by atoms with Gasteiger partial charge in [-0.2, -0.15) is 5.10 Å². The van der Waals surface area contributed by atoms with Gasteiger partial charge in [0.2, 0.25) is 0 Å². The summed E-state index contributed by atoms with van der Waals surface area (Å²) in [6, 6.07) is 20.4. The first-order valence-electron chi connectivity index (χ1n) is 9.61. The number of hydrogen-bond donors (Lipinski definition) is 1. The number of carbonyl (C=O) groups is 1.